The number of rotatable bonds is 7. The van der Waals surface area contributed by atoms with Gasteiger partial charge in [-0.15, -0.1) is 0 Å². The Morgan fingerprint density at radius 2 is 1.89 bits per heavy atom. The predicted octanol–water partition coefficient (Wildman–Crippen LogP) is 3.85. The molecule has 0 amide bonds. The van der Waals surface area contributed by atoms with E-state index in [2.05, 4.69) is 25.9 Å². The largest absolute Gasteiger partial charge is 0.444 e. The predicted molar refractivity (Wildman–Crippen MR) is 78.8 cm³/mol. The van der Waals surface area contributed by atoms with Gasteiger partial charge in [-0.2, -0.15) is 0 Å². The molecule has 0 radical (unpaired) electrons. The van der Waals surface area contributed by atoms with Crippen LogP contribution in [0.3, 0.4) is 0 Å². The van der Waals surface area contributed by atoms with Crippen molar-refractivity contribution in [2.45, 2.75) is 39.2 Å². The van der Waals surface area contributed by atoms with Crippen LogP contribution in [0.1, 0.15) is 38.7 Å². The van der Waals surface area contributed by atoms with Crippen LogP contribution in [0.5, 0.6) is 0 Å². The van der Waals surface area contributed by atoms with Gasteiger partial charge >= 0.3 is 0 Å². The Kier molecular flexibility index (Phi) is 7.77. The molecule has 19 heavy (non-hydrogen) atoms. The summed E-state index contributed by atoms with van der Waals surface area (Å²) >= 11 is 0. The van der Waals surface area contributed by atoms with Crippen molar-refractivity contribution in [3.05, 3.63) is 35.9 Å². The number of methoxy groups -OCH3 is 1. The van der Waals surface area contributed by atoms with Gasteiger partial charge in [0.1, 0.15) is 12.7 Å². The lowest BCUT2D eigenvalue weighted by molar-refractivity contribution is 0.0385. The second-order valence-electron chi connectivity index (χ2n) is 4.85. The molecule has 2 atom stereocenters. The Bertz CT molecular complexity index is 389. The number of ether oxygens (including phenoxy) is 2. The molecule has 0 spiro atoms. The van der Waals surface area contributed by atoms with Gasteiger partial charge in [-0.3, -0.25) is 0 Å². The normalized spacial score (nSPS) is 13.2. The second-order valence-corrected chi connectivity index (χ2v) is 4.85. The summed E-state index contributed by atoms with van der Waals surface area (Å²) in [5.41, 5.74) is 0.969. The maximum Gasteiger partial charge on any atom is 0.126 e. The van der Waals surface area contributed by atoms with Gasteiger partial charge in [-0.1, -0.05) is 38.5 Å². The van der Waals surface area contributed by atoms with Gasteiger partial charge in [0.05, 0.1) is 6.10 Å². The summed E-state index contributed by atoms with van der Waals surface area (Å²) in [4.78, 5) is 0. The fraction of sp³-hybridized carbons (Fsp3) is 0.529. The van der Waals surface area contributed by atoms with E-state index in [1.54, 1.807) is 7.11 Å². The average molecular weight is 260 g/mol. The fourth-order valence-corrected chi connectivity index (χ4v) is 1.69. The molecule has 0 saturated carbocycles. The summed E-state index contributed by atoms with van der Waals surface area (Å²) < 4.78 is 10.8. The summed E-state index contributed by atoms with van der Waals surface area (Å²) in [5.74, 6) is 3.72. The maximum absolute atomic E-state index is 5.40. The zero-order chi connectivity index (χ0) is 13.9. The van der Waals surface area contributed by atoms with Crippen LogP contribution in [0.4, 0.5) is 0 Å². The van der Waals surface area contributed by atoms with Gasteiger partial charge in [0.2, 0.25) is 0 Å². The zero-order valence-corrected chi connectivity index (χ0v) is 12.2. The van der Waals surface area contributed by atoms with E-state index >= 15 is 0 Å². The van der Waals surface area contributed by atoms with E-state index in [4.69, 9.17) is 9.47 Å². The summed E-state index contributed by atoms with van der Waals surface area (Å²) in [6.45, 7) is 5.02. The topological polar surface area (TPSA) is 18.5 Å². The second kappa shape index (κ2) is 9.47. The van der Waals surface area contributed by atoms with Gasteiger partial charge in [-0.05, 0) is 36.8 Å². The highest BCUT2D eigenvalue weighted by Crippen LogP contribution is 2.12. The first-order chi connectivity index (χ1) is 9.26. The monoisotopic (exact) mass is 260 g/mol. The molecule has 0 aliphatic carbocycles. The molecular weight excluding hydrogens is 236 g/mol. The number of hydrogen-bond donors (Lipinski definition) is 0. The van der Waals surface area contributed by atoms with Crippen molar-refractivity contribution >= 4 is 0 Å². The smallest absolute Gasteiger partial charge is 0.126 e. The Balaban J connectivity index is 2.28. The highest BCUT2D eigenvalue weighted by Gasteiger charge is 2.09. The molecule has 0 heterocycles. The summed E-state index contributed by atoms with van der Waals surface area (Å²) in [6.07, 6.45) is 6.29. The quantitative estimate of drug-likeness (QED) is 0.693. The minimum absolute atomic E-state index is 0.138. The summed E-state index contributed by atoms with van der Waals surface area (Å²) in [6, 6.07) is 9.84. The van der Waals surface area contributed by atoms with Crippen molar-refractivity contribution in [3.8, 4) is 12.0 Å². The van der Waals surface area contributed by atoms with E-state index in [0.29, 0.717) is 6.61 Å². The van der Waals surface area contributed by atoms with Gasteiger partial charge in [0.25, 0.3) is 0 Å². The minimum atomic E-state index is 0.138. The third-order valence-corrected chi connectivity index (χ3v) is 3.32. The first-order valence-corrected chi connectivity index (χ1v) is 6.96. The highest BCUT2D eigenvalue weighted by atomic mass is 16.5. The number of hydrogen-bond acceptors (Lipinski definition) is 2. The van der Waals surface area contributed by atoms with Gasteiger partial charge in [0.15, 0.2) is 0 Å². The molecule has 2 heteroatoms. The molecule has 0 fully saturated rings. The third-order valence-electron chi connectivity index (χ3n) is 3.32. The van der Waals surface area contributed by atoms with E-state index in [1.165, 1.54) is 12.8 Å². The lowest BCUT2D eigenvalue weighted by Gasteiger charge is -2.15. The minimum Gasteiger partial charge on any atom is -0.444 e. The summed E-state index contributed by atoms with van der Waals surface area (Å²) in [7, 11) is 1.73. The Morgan fingerprint density at radius 1 is 1.16 bits per heavy atom. The molecule has 1 rings (SSSR count). The molecule has 1 aromatic carbocycles. The SMILES string of the molecule is CCC(C)CCC(COC#Cc1ccccc1)OC. The fourth-order valence-electron chi connectivity index (χ4n) is 1.69. The molecular formula is C17H24O2. The molecule has 2 nitrogen and oxygen atoms in total. The molecule has 0 saturated heterocycles. The van der Waals surface area contributed by atoms with Crippen LogP contribution in [-0.2, 0) is 9.47 Å². The molecule has 0 aliphatic rings. The Labute approximate surface area is 117 Å². The highest BCUT2D eigenvalue weighted by molar-refractivity contribution is 5.32. The molecule has 0 bridgehead atoms. The molecule has 0 aliphatic heterocycles. The van der Waals surface area contributed by atoms with E-state index in [-0.39, 0.29) is 6.10 Å². The molecule has 1 aromatic rings. The van der Waals surface area contributed by atoms with Crippen LogP contribution in [0, 0.1) is 17.9 Å². The van der Waals surface area contributed by atoms with Crippen molar-refractivity contribution in [3.63, 3.8) is 0 Å². The van der Waals surface area contributed by atoms with Crippen LogP contribution in [0.25, 0.3) is 0 Å². The van der Waals surface area contributed by atoms with Gasteiger partial charge in [-0.25, -0.2) is 0 Å². The van der Waals surface area contributed by atoms with Crippen LogP contribution in [0.2, 0.25) is 0 Å². The van der Waals surface area contributed by atoms with Crippen molar-refractivity contribution in [2.24, 2.45) is 5.92 Å². The average Bonchev–Trinajstić information content (AvgIpc) is 2.47. The van der Waals surface area contributed by atoms with Gasteiger partial charge < -0.3 is 9.47 Å². The van der Waals surface area contributed by atoms with E-state index in [0.717, 1.165) is 17.9 Å². The van der Waals surface area contributed by atoms with Crippen molar-refractivity contribution in [1.82, 2.24) is 0 Å². The van der Waals surface area contributed by atoms with Crippen LogP contribution in [0.15, 0.2) is 30.3 Å². The van der Waals surface area contributed by atoms with Crippen molar-refractivity contribution in [2.75, 3.05) is 13.7 Å². The zero-order valence-electron chi connectivity index (χ0n) is 12.2. The molecule has 104 valence electrons. The van der Waals surface area contributed by atoms with Crippen molar-refractivity contribution < 1.29 is 9.47 Å². The summed E-state index contributed by atoms with van der Waals surface area (Å²) in [5, 5.41) is 0. The third kappa shape index (κ3) is 6.88. The lowest BCUT2D eigenvalue weighted by Crippen LogP contribution is -2.18. The Hall–Kier alpha value is -1.46. The molecule has 2 unspecified atom stereocenters. The van der Waals surface area contributed by atoms with E-state index in [1.807, 2.05) is 30.3 Å². The van der Waals surface area contributed by atoms with E-state index in [9.17, 15) is 0 Å². The first-order valence-electron chi connectivity index (χ1n) is 6.96. The van der Waals surface area contributed by atoms with E-state index < -0.39 is 0 Å². The Morgan fingerprint density at radius 3 is 2.53 bits per heavy atom. The molecule has 0 aromatic heterocycles. The number of benzene rings is 1. The van der Waals surface area contributed by atoms with Crippen LogP contribution in [-0.4, -0.2) is 19.8 Å². The molecule has 0 N–H and O–H groups in total. The van der Waals surface area contributed by atoms with Gasteiger partial charge in [0, 0.05) is 12.7 Å². The lowest BCUT2D eigenvalue weighted by atomic mass is 10.0. The van der Waals surface area contributed by atoms with Crippen LogP contribution >= 0.6 is 0 Å². The standard InChI is InChI=1S/C17H24O2/c1-4-15(2)10-11-17(18-3)14-19-13-12-16-8-6-5-7-9-16/h5-9,15,17H,4,10-11,14H2,1-3H3. The first kappa shape index (κ1) is 15.6. The van der Waals surface area contributed by atoms with Crippen LogP contribution < -0.4 is 0 Å². The van der Waals surface area contributed by atoms with Crippen molar-refractivity contribution in [1.29, 1.82) is 0 Å². The maximum atomic E-state index is 5.40.